The summed E-state index contributed by atoms with van der Waals surface area (Å²) in [5, 5.41) is 0. The Morgan fingerprint density at radius 2 is 2.26 bits per heavy atom. The van der Waals surface area contributed by atoms with E-state index in [0.717, 1.165) is 13.1 Å². The predicted octanol–water partition coefficient (Wildman–Crippen LogP) is 1.56. The molecule has 0 aliphatic carbocycles. The van der Waals surface area contributed by atoms with Crippen LogP contribution in [0.3, 0.4) is 0 Å². The Hall–Kier alpha value is -1.34. The van der Waals surface area contributed by atoms with Gasteiger partial charge in [0.1, 0.15) is 0 Å². The molecule has 0 aromatic carbocycles. The number of alkyl halides is 3. The van der Waals surface area contributed by atoms with Gasteiger partial charge in [-0.1, -0.05) is 0 Å². The molecule has 0 saturated carbocycles. The average Bonchev–Trinajstić information content (AvgIpc) is 2.75. The zero-order chi connectivity index (χ0) is 14.0. The maximum Gasteiger partial charge on any atom is 0.454 e. The van der Waals surface area contributed by atoms with E-state index in [1.165, 1.54) is 18.5 Å². The lowest BCUT2D eigenvalue weighted by Crippen LogP contribution is -2.41. The van der Waals surface area contributed by atoms with Crippen molar-refractivity contribution in [2.45, 2.75) is 18.8 Å². The molecule has 2 heterocycles. The van der Waals surface area contributed by atoms with Crippen LogP contribution in [-0.2, 0) is 11.3 Å². The van der Waals surface area contributed by atoms with Gasteiger partial charge in [0.2, 0.25) is 0 Å². The molecule has 2 rings (SSSR count). The van der Waals surface area contributed by atoms with Crippen LogP contribution in [0.5, 0.6) is 0 Å². The highest BCUT2D eigenvalue weighted by atomic mass is 19.4. The van der Waals surface area contributed by atoms with Gasteiger partial charge in [0, 0.05) is 37.6 Å². The molecule has 0 spiro atoms. The zero-order valence-corrected chi connectivity index (χ0v) is 10.5. The topological polar surface area (TPSA) is 34.5 Å². The molecule has 1 aliphatic heterocycles. The summed E-state index contributed by atoms with van der Waals surface area (Å²) >= 11 is 0. The molecule has 1 aromatic heterocycles. The number of halogens is 3. The molecule has 1 unspecified atom stereocenters. The summed E-state index contributed by atoms with van der Waals surface area (Å²) in [6.45, 7) is 2.62. The van der Waals surface area contributed by atoms with E-state index in [2.05, 4.69) is 4.90 Å². The third-order valence-corrected chi connectivity index (χ3v) is 3.03. The molecule has 0 bridgehead atoms. The molecule has 4 nitrogen and oxygen atoms in total. The van der Waals surface area contributed by atoms with E-state index < -0.39 is 12.0 Å². The molecule has 1 aliphatic rings. The largest absolute Gasteiger partial charge is 0.454 e. The van der Waals surface area contributed by atoms with Gasteiger partial charge >= 0.3 is 6.18 Å². The maximum absolute atomic E-state index is 12.3. The Labute approximate surface area is 108 Å². The first-order valence-electron chi connectivity index (χ1n) is 5.93. The summed E-state index contributed by atoms with van der Waals surface area (Å²) in [7, 11) is 1.96. The van der Waals surface area contributed by atoms with Crippen molar-refractivity contribution >= 4 is 5.78 Å². The van der Waals surface area contributed by atoms with E-state index in [0.29, 0.717) is 13.2 Å². The molecule has 1 fully saturated rings. The van der Waals surface area contributed by atoms with Gasteiger partial charge in [-0.15, -0.1) is 0 Å². The Morgan fingerprint density at radius 1 is 1.53 bits per heavy atom. The van der Waals surface area contributed by atoms with Crippen LogP contribution in [0.4, 0.5) is 13.2 Å². The molecule has 0 radical (unpaired) electrons. The minimum atomic E-state index is -4.83. The smallest absolute Gasteiger partial charge is 0.374 e. The lowest BCUT2D eigenvalue weighted by Gasteiger charge is -2.30. The number of carbonyl (C=O) groups excluding carboxylic acids is 1. The second kappa shape index (κ2) is 5.34. The molecule has 106 valence electrons. The molecular formula is C12H15F3N2O2. The van der Waals surface area contributed by atoms with Gasteiger partial charge in [-0.05, 0) is 13.1 Å². The first-order chi connectivity index (χ1) is 8.86. The number of Topliss-reactive ketones (excluding diaryl/α,β-unsaturated/α-hetero) is 1. The second-order valence-electron chi connectivity index (χ2n) is 4.68. The van der Waals surface area contributed by atoms with E-state index in [-0.39, 0.29) is 11.7 Å². The summed E-state index contributed by atoms with van der Waals surface area (Å²) in [6.07, 6.45) is -2.21. The molecule has 19 heavy (non-hydrogen) atoms. The van der Waals surface area contributed by atoms with E-state index in [1.807, 2.05) is 7.05 Å². The Kier molecular flexibility index (Phi) is 3.96. The number of hydrogen-bond acceptors (Lipinski definition) is 3. The highest BCUT2D eigenvalue weighted by Crippen LogP contribution is 2.21. The fourth-order valence-corrected chi connectivity index (χ4v) is 2.06. The van der Waals surface area contributed by atoms with E-state index in [1.54, 1.807) is 4.57 Å². The normalized spacial score (nSPS) is 21.6. The quantitative estimate of drug-likeness (QED) is 0.786. The second-order valence-corrected chi connectivity index (χ2v) is 4.68. The molecule has 0 amide bonds. The van der Waals surface area contributed by atoms with Crippen LogP contribution in [-0.4, -0.2) is 54.3 Å². The number of likely N-dealkylation sites (N-methyl/N-ethyl adjacent to an activating group) is 1. The van der Waals surface area contributed by atoms with E-state index in [9.17, 15) is 18.0 Å². The van der Waals surface area contributed by atoms with Crippen LogP contribution in [0.25, 0.3) is 0 Å². The summed E-state index contributed by atoms with van der Waals surface area (Å²) in [6, 6.07) is 1.18. The number of ketones is 1. The van der Waals surface area contributed by atoms with Gasteiger partial charge in [-0.3, -0.25) is 4.79 Å². The van der Waals surface area contributed by atoms with Crippen molar-refractivity contribution < 1.29 is 22.7 Å². The number of hydrogen-bond donors (Lipinski definition) is 0. The highest BCUT2D eigenvalue weighted by molar-refractivity contribution is 6.00. The van der Waals surface area contributed by atoms with Gasteiger partial charge in [-0.2, -0.15) is 13.2 Å². The van der Waals surface area contributed by atoms with Gasteiger partial charge in [0.05, 0.1) is 12.7 Å². The van der Waals surface area contributed by atoms with Crippen molar-refractivity contribution in [3.05, 3.63) is 24.0 Å². The fraction of sp³-hybridized carbons (Fsp3) is 0.583. The summed E-state index contributed by atoms with van der Waals surface area (Å²) < 4.78 is 43.9. The molecule has 1 atom stereocenters. The minimum Gasteiger partial charge on any atom is -0.374 e. The SMILES string of the molecule is CN1CCOC(Cn2ccc(C(=O)C(F)(F)F)c2)C1. The van der Waals surface area contributed by atoms with Gasteiger partial charge < -0.3 is 14.2 Å². The Balaban J connectivity index is 1.99. The lowest BCUT2D eigenvalue weighted by atomic mass is 10.2. The fourth-order valence-electron chi connectivity index (χ4n) is 2.06. The van der Waals surface area contributed by atoms with Crippen molar-refractivity contribution in [2.24, 2.45) is 0 Å². The number of carbonyl (C=O) groups is 1. The first-order valence-corrected chi connectivity index (χ1v) is 5.93. The standard InChI is InChI=1S/C12H15F3N2O2/c1-16-4-5-19-10(7-16)8-17-3-2-9(6-17)11(18)12(13,14)15/h2-3,6,10H,4-5,7-8H2,1H3. The third-order valence-electron chi connectivity index (χ3n) is 3.03. The molecule has 1 aromatic rings. The van der Waals surface area contributed by atoms with Crippen molar-refractivity contribution in [1.29, 1.82) is 0 Å². The van der Waals surface area contributed by atoms with Gasteiger partial charge in [-0.25, -0.2) is 0 Å². The summed E-state index contributed by atoms with van der Waals surface area (Å²) in [5.74, 6) is -1.81. The van der Waals surface area contributed by atoms with Crippen LogP contribution in [0.1, 0.15) is 10.4 Å². The van der Waals surface area contributed by atoms with Crippen LogP contribution < -0.4 is 0 Å². The van der Waals surface area contributed by atoms with Gasteiger partial charge in [0.25, 0.3) is 5.78 Å². The highest BCUT2D eigenvalue weighted by Gasteiger charge is 2.39. The molecule has 7 heteroatoms. The van der Waals surface area contributed by atoms with Crippen molar-refractivity contribution in [3.63, 3.8) is 0 Å². The Morgan fingerprint density at radius 3 is 2.89 bits per heavy atom. The summed E-state index contributed by atoms with van der Waals surface area (Å²) in [5.41, 5.74) is -0.336. The minimum absolute atomic E-state index is 0.0695. The maximum atomic E-state index is 12.3. The average molecular weight is 276 g/mol. The number of aromatic nitrogens is 1. The predicted molar refractivity (Wildman–Crippen MR) is 62.1 cm³/mol. The third kappa shape index (κ3) is 3.57. The molecule has 1 saturated heterocycles. The lowest BCUT2D eigenvalue weighted by molar-refractivity contribution is -0.0885. The van der Waals surface area contributed by atoms with Crippen LogP contribution >= 0.6 is 0 Å². The molecule has 0 N–H and O–H groups in total. The van der Waals surface area contributed by atoms with Crippen LogP contribution in [0.2, 0.25) is 0 Å². The van der Waals surface area contributed by atoms with Crippen LogP contribution in [0, 0.1) is 0 Å². The number of rotatable bonds is 3. The van der Waals surface area contributed by atoms with Crippen LogP contribution in [0.15, 0.2) is 18.5 Å². The monoisotopic (exact) mass is 276 g/mol. The zero-order valence-electron chi connectivity index (χ0n) is 10.5. The number of ether oxygens (including phenoxy) is 1. The summed E-state index contributed by atoms with van der Waals surface area (Å²) in [4.78, 5) is 13.1. The van der Waals surface area contributed by atoms with Gasteiger partial charge in [0.15, 0.2) is 0 Å². The van der Waals surface area contributed by atoms with Crippen molar-refractivity contribution in [2.75, 3.05) is 26.7 Å². The van der Waals surface area contributed by atoms with E-state index in [4.69, 9.17) is 4.74 Å². The van der Waals surface area contributed by atoms with Crippen molar-refractivity contribution in [1.82, 2.24) is 9.47 Å². The first kappa shape index (κ1) is 14.1. The number of nitrogens with zero attached hydrogens (tertiary/aromatic N) is 2. The van der Waals surface area contributed by atoms with Crippen molar-refractivity contribution in [3.8, 4) is 0 Å². The van der Waals surface area contributed by atoms with E-state index >= 15 is 0 Å². The Bertz CT molecular complexity index is 456. The number of morpholine rings is 1. The molecular weight excluding hydrogens is 261 g/mol.